The summed E-state index contributed by atoms with van der Waals surface area (Å²) in [6.07, 6.45) is 10.7. The second-order valence-electron chi connectivity index (χ2n) is 4.43. The first-order valence-electron chi connectivity index (χ1n) is 4.81. The van der Waals surface area contributed by atoms with Crippen molar-refractivity contribution >= 4 is 33.4 Å². The van der Waals surface area contributed by atoms with Crippen molar-refractivity contribution in [2.45, 2.75) is 36.1 Å². The molecule has 0 aromatic rings. The van der Waals surface area contributed by atoms with Crippen LogP contribution in [0.25, 0.3) is 0 Å². The maximum absolute atomic E-state index is 5.90. The molecule has 2 aliphatic rings. The fourth-order valence-electron chi connectivity index (χ4n) is 2.57. The number of hydrogen-bond acceptors (Lipinski definition) is 0. The lowest BCUT2D eigenvalue weighted by atomic mass is 9.83. The Labute approximate surface area is 93.1 Å². The maximum atomic E-state index is 5.90. The molecule has 2 bridgehead atoms. The van der Waals surface area contributed by atoms with Gasteiger partial charge in [-0.3, -0.25) is 0 Å². The Bertz CT molecular complexity index is 232. The first-order chi connectivity index (χ1) is 5.99. The van der Waals surface area contributed by atoms with E-state index in [2.05, 4.69) is 22.4 Å². The van der Waals surface area contributed by atoms with Crippen LogP contribution >= 0.6 is 23.2 Å². The molecule has 0 aromatic heterocycles. The van der Waals surface area contributed by atoms with E-state index in [0.717, 1.165) is 18.8 Å². The molecule has 2 atom stereocenters. The summed E-state index contributed by atoms with van der Waals surface area (Å²) in [5.41, 5.74) is 0.437. The molecule has 0 amide bonds. The van der Waals surface area contributed by atoms with Gasteiger partial charge < -0.3 is 0 Å². The van der Waals surface area contributed by atoms with Crippen LogP contribution < -0.4 is 0 Å². The van der Waals surface area contributed by atoms with Crippen LogP contribution in [-0.2, 0) is 0 Å². The molecular weight excluding hydrogens is 219 g/mol. The van der Waals surface area contributed by atoms with E-state index in [0.29, 0.717) is 5.41 Å². The summed E-state index contributed by atoms with van der Waals surface area (Å²) < 4.78 is -0.733. The molecule has 0 spiro atoms. The molecule has 0 N–H and O–H groups in total. The summed E-state index contributed by atoms with van der Waals surface area (Å²) in [6.45, 7) is 0. The van der Waals surface area contributed by atoms with Crippen LogP contribution in [0.2, 0.25) is 0 Å². The summed E-state index contributed by atoms with van der Waals surface area (Å²) >= 11 is 11.8. The van der Waals surface area contributed by atoms with Crippen molar-refractivity contribution in [1.29, 1.82) is 0 Å². The lowest BCUT2D eigenvalue weighted by molar-refractivity contribution is 0.360. The van der Waals surface area contributed by atoms with Crippen molar-refractivity contribution in [3.63, 3.8) is 0 Å². The first kappa shape index (κ1) is 10.1. The number of halogens is 2. The van der Waals surface area contributed by atoms with Crippen molar-refractivity contribution < 1.29 is 0 Å². The van der Waals surface area contributed by atoms with E-state index in [1.54, 1.807) is 0 Å². The fourth-order valence-corrected chi connectivity index (χ4v) is 2.89. The quantitative estimate of drug-likeness (QED) is 0.397. The molecular formula is C10H13Cl2Si. The molecule has 2 aliphatic carbocycles. The van der Waals surface area contributed by atoms with Gasteiger partial charge in [-0.1, -0.05) is 12.2 Å². The lowest BCUT2D eigenvalue weighted by Crippen LogP contribution is -2.19. The number of hydrogen-bond donors (Lipinski definition) is 0. The molecule has 3 radical (unpaired) electrons. The van der Waals surface area contributed by atoms with Crippen LogP contribution in [0.4, 0.5) is 0 Å². The molecule has 0 heterocycles. The van der Waals surface area contributed by atoms with Gasteiger partial charge in [0, 0.05) is 0 Å². The minimum Gasteiger partial charge on any atom is -0.107 e. The molecule has 71 valence electrons. The van der Waals surface area contributed by atoms with E-state index < -0.39 is 3.96 Å². The molecule has 1 saturated carbocycles. The molecule has 13 heavy (non-hydrogen) atoms. The number of rotatable bonds is 3. The number of alkyl halides is 2. The highest BCUT2D eigenvalue weighted by Gasteiger charge is 2.41. The fraction of sp³-hybridized carbons (Fsp3) is 0.800. The van der Waals surface area contributed by atoms with Crippen LogP contribution in [0.3, 0.4) is 0 Å². The van der Waals surface area contributed by atoms with Crippen LogP contribution in [0.5, 0.6) is 0 Å². The Kier molecular flexibility index (Phi) is 2.54. The van der Waals surface area contributed by atoms with Crippen molar-refractivity contribution in [3.8, 4) is 0 Å². The van der Waals surface area contributed by atoms with Crippen LogP contribution in [0.1, 0.15) is 32.1 Å². The molecule has 0 saturated heterocycles. The van der Waals surface area contributed by atoms with Gasteiger partial charge in [0.15, 0.2) is 0 Å². The minimum atomic E-state index is -0.733. The third-order valence-electron chi connectivity index (χ3n) is 3.34. The van der Waals surface area contributed by atoms with Gasteiger partial charge in [0.05, 0.1) is 14.2 Å². The zero-order valence-corrected chi connectivity index (χ0v) is 10.0. The second kappa shape index (κ2) is 3.29. The van der Waals surface area contributed by atoms with Gasteiger partial charge in [0.2, 0.25) is 0 Å². The molecule has 2 unspecified atom stereocenters. The average Bonchev–Trinajstić information content (AvgIpc) is 2.59. The molecule has 2 rings (SSSR count). The Morgan fingerprint density at radius 3 is 2.69 bits per heavy atom. The Hall–Kier alpha value is 0.537. The Morgan fingerprint density at radius 2 is 2.31 bits per heavy atom. The summed E-state index contributed by atoms with van der Waals surface area (Å²) in [7, 11) is 3.31. The van der Waals surface area contributed by atoms with Gasteiger partial charge in [0.1, 0.15) is 0 Å². The Morgan fingerprint density at radius 1 is 1.54 bits per heavy atom. The summed E-state index contributed by atoms with van der Waals surface area (Å²) in [5.74, 6) is 0.842. The second-order valence-corrected chi connectivity index (χ2v) is 7.40. The predicted molar refractivity (Wildman–Crippen MR) is 58.3 cm³/mol. The lowest BCUT2D eigenvalue weighted by Gasteiger charge is -2.26. The van der Waals surface area contributed by atoms with Crippen molar-refractivity contribution in [2.75, 3.05) is 0 Å². The molecule has 0 aromatic carbocycles. The van der Waals surface area contributed by atoms with E-state index in [4.69, 9.17) is 23.2 Å². The van der Waals surface area contributed by atoms with Gasteiger partial charge >= 0.3 is 0 Å². The van der Waals surface area contributed by atoms with Gasteiger partial charge in [-0.2, -0.15) is 0 Å². The van der Waals surface area contributed by atoms with Crippen molar-refractivity contribution in [1.82, 2.24) is 0 Å². The van der Waals surface area contributed by atoms with E-state index in [1.807, 2.05) is 0 Å². The van der Waals surface area contributed by atoms with Crippen LogP contribution in [0, 0.1) is 11.3 Å². The largest absolute Gasteiger partial charge is 0.107 e. The first-order valence-corrected chi connectivity index (χ1v) is 6.07. The summed E-state index contributed by atoms with van der Waals surface area (Å²) in [6, 6.07) is 0. The number of allylic oxidation sites excluding steroid dienone is 2. The standard InChI is InChI=1S/C10H13Cl2Si/c11-10(12,13)6-5-9-3-1-8(7-9)2-4-9/h1,3,8H,2,4-7H2. The molecule has 0 nitrogen and oxygen atoms in total. The van der Waals surface area contributed by atoms with Gasteiger partial charge in [-0.05, 0) is 43.4 Å². The van der Waals surface area contributed by atoms with Crippen LogP contribution in [0.15, 0.2) is 12.2 Å². The van der Waals surface area contributed by atoms with Gasteiger partial charge in [0.25, 0.3) is 0 Å². The van der Waals surface area contributed by atoms with E-state index in [9.17, 15) is 0 Å². The van der Waals surface area contributed by atoms with Crippen molar-refractivity contribution in [3.05, 3.63) is 12.2 Å². The highest BCUT2D eigenvalue weighted by molar-refractivity contribution is 6.65. The minimum absolute atomic E-state index is 0.437. The monoisotopic (exact) mass is 231 g/mol. The molecule has 1 fully saturated rings. The van der Waals surface area contributed by atoms with Gasteiger partial charge in [-0.25, -0.2) is 0 Å². The number of fused-ring (bicyclic) bond motifs is 2. The third-order valence-corrected chi connectivity index (χ3v) is 3.97. The normalized spacial score (nSPS) is 37.3. The van der Waals surface area contributed by atoms with Crippen LogP contribution in [-0.4, -0.2) is 14.2 Å². The average molecular weight is 232 g/mol. The topological polar surface area (TPSA) is 0 Å². The smallest absolute Gasteiger partial charge is 0.0998 e. The summed E-state index contributed by atoms with van der Waals surface area (Å²) in [5, 5.41) is 0. The SMILES string of the molecule is [Si]C(Cl)(Cl)CCC12C=CC(CC1)C2. The van der Waals surface area contributed by atoms with E-state index in [1.165, 1.54) is 19.3 Å². The molecule has 0 aliphatic heterocycles. The third kappa shape index (κ3) is 2.31. The summed E-state index contributed by atoms with van der Waals surface area (Å²) in [4.78, 5) is 0. The zero-order chi connectivity index (χ0) is 9.53. The predicted octanol–water partition coefficient (Wildman–Crippen LogP) is 3.42. The molecule has 3 heteroatoms. The van der Waals surface area contributed by atoms with Crippen molar-refractivity contribution in [2.24, 2.45) is 11.3 Å². The zero-order valence-electron chi connectivity index (χ0n) is 7.52. The van der Waals surface area contributed by atoms with E-state index in [-0.39, 0.29) is 0 Å². The maximum Gasteiger partial charge on any atom is 0.0998 e. The van der Waals surface area contributed by atoms with Gasteiger partial charge in [-0.15, -0.1) is 23.2 Å². The van der Waals surface area contributed by atoms with E-state index >= 15 is 0 Å². The highest BCUT2D eigenvalue weighted by atomic mass is 35.5. The Balaban J connectivity index is 1.92. The highest BCUT2D eigenvalue weighted by Crippen LogP contribution is 2.52.